The van der Waals surface area contributed by atoms with E-state index in [-0.39, 0.29) is 24.2 Å². The zero-order chi connectivity index (χ0) is 20.1. The van der Waals surface area contributed by atoms with Gasteiger partial charge in [0.25, 0.3) is 5.91 Å². The monoisotopic (exact) mass is 391 g/mol. The number of carbonyl (C=O) groups is 2. The fourth-order valence-corrected chi connectivity index (χ4v) is 3.16. The van der Waals surface area contributed by atoms with Crippen LogP contribution in [0.1, 0.15) is 36.0 Å². The lowest BCUT2D eigenvalue weighted by molar-refractivity contribution is -0.114. The van der Waals surface area contributed by atoms with Crippen LogP contribution in [0.15, 0.2) is 36.4 Å². The molecule has 3 N–H and O–H groups in total. The molecule has 0 aromatic heterocycles. The maximum atomic E-state index is 13.6. The van der Waals surface area contributed by atoms with Crippen LogP contribution in [0.2, 0.25) is 0 Å². The van der Waals surface area contributed by atoms with E-state index < -0.39 is 23.4 Å². The maximum Gasteiger partial charge on any atom is 0.253 e. The van der Waals surface area contributed by atoms with Crippen LogP contribution in [0, 0.1) is 17.5 Å². The molecule has 1 aliphatic rings. The summed E-state index contributed by atoms with van der Waals surface area (Å²) >= 11 is 0. The Balaban J connectivity index is 1.62. The van der Waals surface area contributed by atoms with E-state index in [4.69, 9.17) is 0 Å². The van der Waals surface area contributed by atoms with Crippen molar-refractivity contribution in [2.75, 3.05) is 17.2 Å². The van der Waals surface area contributed by atoms with Crippen molar-refractivity contribution >= 4 is 23.2 Å². The van der Waals surface area contributed by atoms with Gasteiger partial charge < -0.3 is 16.0 Å². The van der Waals surface area contributed by atoms with E-state index >= 15 is 0 Å². The predicted octanol–water partition coefficient (Wildman–Crippen LogP) is 3.83. The highest BCUT2D eigenvalue weighted by molar-refractivity contribution is 6.04. The number of hydrogen-bond acceptors (Lipinski definition) is 3. The molecular weight excluding hydrogens is 371 g/mol. The van der Waals surface area contributed by atoms with E-state index in [2.05, 4.69) is 16.0 Å². The van der Waals surface area contributed by atoms with Crippen molar-refractivity contribution in [3.05, 3.63) is 59.4 Å². The third kappa shape index (κ3) is 4.62. The minimum atomic E-state index is -1.61. The van der Waals surface area contributed by atoms with Crippen LogP contribution in [0.5, 0.6) is 0 Å². The Kier molecular flexibility index (Phi) is 6.18. The van der Waals surface area contributed by atoms with Gasteiger partial charge >= 0.3 is 0 Å². The van der Waals surface area contributed by atoms with Crippen LogP contribution in [0.3, 0.4) is 0 Å². The Morgan fingerprint density at radius 1 is 0.929 bits per heavy atom. The molecule has 2 aromatic carbocycles. The number of benzene rings is 2. The van der Waals surface area contributed by atoms with Gasteiger partial charge in [0, 0.05) is 6.04 Å². The largest absolute Gasteiger partial charge is 0.374 e. The highest BCUT2D eigenvalue weighted by Gasteiger charge is 2.20. The number of nitrogens with one attached hydrogen (secondary N) is 3. The molecule has 3 rings (SSSR count). The summed E-state index contributed by atoms with van der Waals surface area (Å²) in [6.45, 7) is -0.388. The summed E-state index contributed by atoms with van der Waals surface area (Å²) in [5, 5.41) is 7.95. The molecule has 0 atom stereocenters. The van der Waals surface area contributed by atoms with E-state index in [0.29, 0.717) is 11.3 Å². The van der Waals surface area contributed by atoms with Gasteiger partial charge in [-0.2, -0.15) is 0 Å². The van der Waals surface area contributed by atoms with Crippen molar-refractivity contribution < 1.29 is 22.8 Å². The van der Waals surface area contributed by atoms with E-state index in [9.17, 15) is 22.8 Å². The van der Waals surface area contributed by atoms with Crippen LogP contribution in [-0.2, 0) is 4.79 Å². The first-order valence-corrected chi connectivity index (χ1v) is 9.03. The minimum Gasteiger partial charge on any atom is -0.374 e. The lowest BCUT2D eigenvalue weighted by Gasteiger charge is -2.15. The van der Waals surface area contributed by atoms with Crippen molar-refractivity contribution in [1.29, 1.82) is 0 Å². The summed E-state index contributed by atoms with van der Waals surface area (Å²) in [4.78, 5) is 24.7. The maximum absolute atomic E-state index is 13.6. The molecule has 0 unspecified atom stereocenters. The Morgan fingerprint density at radius 3 is 2.39 bits per heavy atom. The first-order chi connectivity index (χ1) is 13.5. The topological polar surface area (TPSA) is 70.2 Å². The smallest absolute Gasteiger partial charge is 0.253 e. The summed E-state index contributed by atoms with van der Waals surface area (Å²) in [6.07, 6.45) is 4.03. The third-order valence-electron chi connectivity index (χ3n) is 4.61. The average molecular weight is 391 g/mol. The number of carbonyl (C=O) groups excluding carboxylic acids is 2. The SMILES string of the molecule is O=C(CNc1ccc(F)c(F)c1F)Nc1ccccc1C(=O)NC1CCCC1. The Hall–Kier alpha value is -3.03. The van der Waals surface area contributed by atoms with Gasteiger partial charge in [0.05, 0.1) is 23.5 Å². The fraction of sp³-hybridized carbons (Fsp3) is 0.300. The minimum absolute atomic E-state index is 0.134. The summed E-state index contributed by atoms with van der Waals surface area (Å²) in [7, 11) is 0. The molecule has 0 aliphatic heterocycles. The zero-order valence-corrected chi connectivity index (χ0v) is 15.0. The normalized spacial score (nSPS) is 14.0. The van der Waals surface area contributed by atoms with Gasteiger partial charge in [0.1, 0.15) is 0 Å². The number of halogens is 3. The number of rotatable bonds is 6. The highest BCUT2D eigenvalue weighted by atomic mass is 19.2. The first-order valence-electron chi connectivity index (χ1n) is 9.03. The van der Waals surface area contributed by atoms with Gasteiger partial charge in [0.2, 0.25) is 5.91 Å². The molecule has 1 fully saturated rings. The highest BCUT2D eigenvalue weighted by Crippen LogP contribution is 2.21. The standard InChI is InChI=1S/C20H20F3N3O2/c21-14-9-10-16(19(23)18(14)22)24-11-17(27)26-15-8-4-3-7-13(15)20(28)25-12-5-1-2-6-12/h3-4,7-10,12,24H,1-2,5-6,11H2,(H,25,28)(H,26,27). The lowest BCUT2D eigenvalue weighted by Crippen LogP contribution is -2.33. The Morgan fingerprint density at radius 2 is 1.64 bits per heavy atom. The zero-order valence-electron chi connectivity index (χ0n) is 15.0. The van der Waals surface area contributed by atoms with Crippen LogP contribution in [-0.4, -0.2) is 24.4 Å². The van der Waals surface area contributed by atoms with E-state index in [1.54, 1.807) is 24.3 Å². The van der Waals surface area contributed by atoms with Gasteiger partial charge in [0.15, 0.2) is 17.5 Å². The Labute approximate surface area is 160 Å². The number of amides is 2. The lowest BCUT2D eigenvalue weighted by atomic mass is 10.1. The van der Waals surface area contributed by atoms with Gasteiger partial charge in [-0.3, -0.25) is 9.59 Å². The molecule has 8 heteroatoms. The summed E-state index contributed by atoms with van der Waals surface area (Å²) in [5.74, 6) is -5.16. The van der Waals surface area contributed by atoms with Crippen molar-refractivity contribution in [2.24, 2.45) is 0 Å². The molecule has 1 aliphatic carbocycles. The van der Waals surface area contributed by atoms with Crippen LogP contribution in [0.25, 0.3) is 0 Å². The van der Waals surface area contributed by atoms with E-state index in [1.807, 2.05) is 0 Å². The third-order valence-corrected chi connectivity index (χ3v) is 4.61. The molecule has 0 radical (unpaired) electrons. The summed E-state index contributed by atoms with van der Waals surface area (Å²) < 4.78 is 39.8. The molecule has 0 spiro atoms. The Bertz CT molecular complexity index is 883. The van der Waals surface area contributed by atoms with Crippen molar-refractivity contribution in [2.45, 2.75) is 31.7 Å². The van der Waals surface area contributed by atoms with Gasteiger partial charge in [-0.05, 0) is 37.1 Å². The number of para-hydroxylation sites is 1. The number of anilines is 2. The molecule has 0 saturated heterocycles. The van der Waals surface area contributed by atoms with Crippen LogP contribution < -0.4 is 16.0 Å². The fourth-order valence-electron chi connectivity index (χ4n) is 3.16. The average Bonchev–Trinajstić information content (AvgIpc) is 3.19. The second-order valence-corrected chi connectivity index (χ2v) is 6.63. The molecule has 2 amide bonds. The molecule has 0 heterocycles. The molecule has 0 bridgehead atoms. The molecular formula is C20H20F3N3O2. The van der Waals surface area contributed by atoms with Gasteiger partial charge in [-0.1, -0.05) is 25.0 Å². The second kappa shape index (κ2) is 8.77. The van der Waals surface area contributed by atoms with Crippen LogP contribution in [0.4, 0.5) is 24.5 Å². The second-order valence-electron chi connectivity index (χ2n) is 6.63. The van der Waals surface area contributed by atoms with Crippen molar-refractivity contribution in [1.82, 2.24) is 5.32 Å². The summed E-state index contributed by atoms with van der Waals surface area (Å²) in [6, 6.07) is 8.44. The molecule has 148 valence electrons. The molecule has 2 aromatic rings. The van der Waals surface area contributed by atoms with Crippen LogP contribution >= 0.6 is 0 Å². The first kappa shape index (κ1) is 19.7. The van der Waals surface area contributed by atoms with Crippen molar-refractivity contribution in [3.63, 3.8) is 0 Å². The molecule has 5 nitrogen and oxygen atoms in total. The predicted molar refractivity (Wildman–Crippen MR) is 99.6 cm³/mol. The van der Waals surface area contributed by atoms with E-state index in [0.717, 1.165) is 37.8 Å². The number of hydrogen-bond donors (Lipinski definition) is 3. The quantitative estimate of drug-likeness (QED) is 0.656. The molecule has 1 saturated carbocycles. The van der Waals surface area contributed by atoms with Gasteiger partial charge in [-0.15, -0.1) is 0 Å². The van der Waals surface area contributed by atoms with Gasteiger partial charge in [-0.25, -0.2) is 13.2 Å². The van der Waals surface area contributed by atoms with Crippen molar-refractivity contribution in [3.8, 4) is 0 Å². The molecule has 28 heavy (non-hydrogen) atoms. The summed E-state index contributed by atoms with van der Waals surface area (Å²) in [5.41, 5.74) is 0.304. The van der Waals surface area contributed by atoms with E-state index in [1.165, 1.54) is 0 Å².